The van der Waals surface area contributed by atoms with Gasteiger partial charge in [0.2, 0.25) is 0 Å². The molecule has 0 nitrogen and oxygen atoms in total. The minimum Gasteiger partial charge on any atom is -0.126 e. The summed E-state index contributed by atoms with van der Waals surface area (Å²) in [6.07, 6.45) is 0. The highest BCUT2D eigenvalue weighted by Crippen LogP contribution is 2.25. The highest BCUT2D eigenvalue weighted by molar-refractivity contribution is 9.10. The Morgan fingerprint density at radius 1 is 1.08 bits per heavy atom. The van der Waals surface area contributed by atoms with Gasteiger partial charge in [-0.25, -0.2) is 0 Å². The second-order valence-corrected chi connectivity index (χ2v) is 12.5. The predicted molar refractivity (Wildman–Crippen MR) is 61.2 cm³/mol. The zero-order valence-electron chi connectivity index (χ0n) is 6.03. The normalized spacial score (nSPS) is 11.7. The van der Waals surface area contributed by atoms with E-state index in [9.17, 15) is 0 Å². The van der Waals surface area contributed by atoms with E-state index in [1.54, 1.807) is 0 Å². The Hall–Kier alpha value is 0.787. The third-order valence-electron chi connectivity index (χ3n) is 1.32. The molecule has 0 heterocycles. The molecule has 0 unspecified atom stereocenters. The van der Waals surface area contributed by atoms with Crippen molar-refractivity contribution in [3.63, 3.8) is 0 Å². The van der Waals surface area contributed by atoms with Crippen LogP contribution in [0.15, 0.2) is 28.7 Å². The van der Waals surface area contributed by atoms with Crippen molar-refractivity contribution in [2.75, 3.05) is 0 Å². The average molecular weight is 304 g/mol. The molecule has 0 amide bonds. The van der Waals surface area contributed by atoms with Gasteiger partial charge in [-0.3, -0.25) is 0 Å². The van der Waals surface area contributed by atoms with Gasteiger partial charge in [-0.1, -0.05) is 28.1 Å². The van der Waals surface area contributed by atoms with Crippen LogP contribution in [0.5, 0.6) is 0 Å². The minimum atomic E-state index is -2.51. The first-order valence-corrected chi connectivity index (χ1v) is 9.32. The monoisotopic (exact) mass is 302 g/mol. The Balaban J connectivity index is 2.71. The fraction of sp³-hybridized carbons (Fsp3) is 0.143. The first kappa shape index (κ1) is 10.9. The van der Waals surface area contributed by atoms with Gasteiger partial charge >= 0.3 is 6.00 Å². The SMILES string of the molecule is Cl[Si](Cl)(Cl)Cc1ccc(Br)cc1. The molecule has 1 rings (SSSR count). The highest BCUT2D eigenvalue weighted by atomic mass is 79.9. The number of rotatable bonds is 2. The molecule has 1 aromatic carbocycles. The van der Waals surface area contributed by atoms with Gasteiger partial charge < -0.3 is 0 Å². The molecule has 0 aliphatic rings. The van der Waals surface area contributed by atoms with Crippen LogP contribution in [0.1, 0.15) is 5.56 Å². The molecule has 0 fully saturated rings. The Kier molecular flexibility index (Phi) is 3.93. The van der Waals surface area contributed by atoms with E-state index in [-0.39, 0.29) is 0 Å². The van der Waals surface area contributed by atoms with E-state index in [2.05, 4.69) is 15.9 Å². The van der Waals surface area contributed by atoms with Gasteiger partial charge in [0.15, 0.2) is 0 Å². The van der Waals surface area contributed by atoms with Crippen LogP contribution in [-0.4, -0.2) is 6.00 Å². The fourth-order valence-corrected chi connectivity index (χ4v) is 3.19. The van der Waals surface area contributed by atoms with Crippen LogP contribution in [0.4, 0.5) is 0 Å². The molecule has 0 N–H and O–H groups in total. The third kappa shape index (κ3) is 4.15. The molecule has 0 radical (unpaired) electrons. The van der Waals surface area contributed by atoms with E-state index in [4.69, 9.17) is 33.2 Å². The van der Waals surface area contributed by atoms with Gasteiger partial charge in [0.1, 0.15) is 0 Å². The van der Waals surface area contributed by atoms with Crippen molar-refractivity contribution in [1.82, 2.24) is 0 Å². The van der Waals surface area contributed by atoms with E-state index in [1.165, 1.54) is 0 Å². The Labute approximate surface area is 95.1 Å². The largest absolute Gasteiger partial charge is 0.345 e. The Morgan fingerprint density at radius 2 is 1.58 bits per heavy atom. The van der Waals surface area contributed by atoms with Crippen molar-refractivity contribution in [2.45, 2.75) is 6.04 Å². The van der Waals surface area contributed by atoms with Crippen LogP contribution in [-0.2, 0) is 6.04 Å². The maximum atomic E-state index is 5.77. The van der Waals surface area contributed by atoms with Crippen LogP contribution in [0.3, 0.4) is 0 Å². The van der Waals surface area contributed by atoms with E-state index in [0.717, 1.165) is 10.0 Å². The van der Waals surface area contributed by atoms with Crippen LogP contribution in [0.2, 0.25) is 0 Å². The summed E-state index contributed by atoms with van der Waals surface area (Å²) in [7, 11) is 0. The van der Waals surface area contributed by atoms with Crippen molar-refractivity contribution >= 4 is 55.2 Å². The van der Waals surface area contributed by atoms with Gasteiger partial charge in [-0.2, -0.15) is 0 Å². The second-order valence-electron chi connectivity index (χ2n) is 2.42. The standard InChI is InChI=1S/C7H6BrCl3Si/c8-7-3-1-6(2-4-7)5-12(9,10)11/h1-4H,5H2. The Morgan fingerprint density at radius 3 is 2.00 bits per heavy atom. The van der Waals surface area contributed by atoms with Gasteiger partial charge in [0.25, 0.3) is 0 Å². The second kappa shape index (κ2) is 4.34. The molecule has 12 heavy (non-hydrogen) atoms. The molecule has 0 saturated heterocycles. The van der Waals surface area contributed by atoms with E-state index >= 15 is 0 Å². The maximum absolute atomic E-state index is 5.77. The average Bonchev–Trinajstić information content (AvgIpc) is 1.91. The summed E-state index contributed by atoms with van der Waals surface area (Å²) in [4.78, 5) is 0. The summed E-state index contributed by atoms with van der Waals surface area (Å²) in [6.45, 7) is 0. The summed E-state index contributed by atoms with van der Waals surface area (Å²) in [5.41, 5.74) is 1.07. The van der Waals surface area contributed by atoms with Crippen LogP contribution < -0.4 is 0 Å². The first-order valence-electron chi connectivity index (χ1n) is 3.28. The van der Waals surface area contributed by atoms with Crippen molar-refractivity contribution in [3.05, 3.63) is 34.3 Å². The van der Waals surface area contributed by atoms with Gasteiger partial charge in [0.05, 0.1) is 0 Å². The Bertz CT molecular complexity index is 254. The zero-order chi connectivity index (χ0) is 9.19. The fourth-order valence-electron chi connectivity index (χ4n) is 0.834. The molecular formula is C7H6BrCl3Si. The lowest BCUT2D eigenvalue weighted by Crippen LogP contribution is -2.13. The minimum absolute atomic E-state index is 0.574. The first-order chi connectivity index (χ1) is 5.47. The lowest BCUT2D eigenvalue weighted by Gasteiger charge is -2.06. The maximum Gasteiger partial charge on any atom is 0.345 e. The summed E-state index contributed by atoms with van der Waals surface area (Å²) < 4.78 is 1.04. The summed E-state index contributed by atoms with van der Waals surface area (Å²) in [6, 6.07) is 5.86. The smallest absolute Gasteiger partial charge is 0.126 e. The number of benzene rings is 1. The summed E-state index contributed by atoms with van der Waals surface area (Å²) >= 11 is 20.6. The van der Waals surface area contributed by atoms with Crippen molar-refractivity contribution in [2.24, 2.45) is 0 Å². The van der Waals surface area contributed by atoms with E-state index in [1.807, 2.05) is 24.3 Å². The lowest BCUT2D eigenvalue weighted by atomic mass is 10.2. The van der Waals surface area contributed by atoms with Gasteiger partial charge in [-0.15, -0.1) is 33.2 Å². The molecule has 0 saturated carbocycles. The molecule has 0 bridgehead atoms. The van der Waals surface area contributed by atoms with Gasteiger partial charge in [0, 0.05) is 10.5 Å². The van der Waals surface area contributed by atoms with Crippen molar-refractivity contribution in [1.29, 1.82) is 0 Å². The number of hydrogen-bond acceptors (Lipinski definition) is 0. The number of hydrogen-bond donors (Lipinski definition) is 0. The summed E-state index contributed by atoms with van der Waals surface area (Å²) in [5, 5.41) is 0. The molecule has 0 aliphatic heterocycles. The van der Waals surface area contributed by atoms with E-state index in [0.29, 0.717) is 6.04 Å². The molecule has 1 aromatic rings. The highest BCUT2D eigenvalue weighted by Gasteiger charge is 2.24. The van der Waals surface area contributed by atoms with Crippen LogP contribution in [0.25, 0.3) is 0 Å². The lowest BCUT2D eigenvalue weighted by molar-refractivity contribution is 1.38. The molecule has 5 heteroatoms. The molecule has 0 spiro atoms. The molecule has 66 valence electrons. The van der Waals surface area contributed by atoms with Crippen molar-refractivity contribution in [3.8, 4) is 0 Å². The topological polar surface area (TPSA) is 0 Å². The number of halogens is 4. The van der Waals surface area contributed by atoms with Gasteiger partial charge in [-0.05, 0) is 17.7 Å². The molecule has 0 atom stereocenters. The molecule has 0 aromatic heterocycles. The quantitative estimate of drug-likeness (QED) is 0.568. The zero-order valence-corrected chi connectivity index (χ0v) is 10.9. The summed E-state index contributed by atoms with van der Waals surface area (Å²) in [5.74, 6) is 0. The molecule has 0 aliphatic carbocycles. The molecular weight excluding hydrogens is 298 g/mol. The van der Waals surface area contributed by atoms with Crippen LogP contribution in [0, 0.1) is 0 Å². The predicted octanol–water partition coefficient (Wildman–Crippen LogP) is 4.19. The third-order valence-corrected chi connectivity index (χ3v) is 3.86. The van der Waals surface area contributed by atoms with Crippen LogP contribution >= 0.6 is 49.2 Å². The van der Waals surface area contributed by atoms with E-state index < -0.39 is 6.00 Å². The van der Waals surface area contributed by atoms with Crippen molar-refractivity contribution < 1.29 is 0 Å².